The minimum atomic E-state index is -2.50. The van der Waals surface area contributed by atoms with Crippen molar-refractivity contribution in [3.05, 3.63) is 18.2 Å². The summed E-state index contributed by atoms with van der Waals surface area (Å²) in [6.07, 6.45) is 11.8. The van der Waals surface area contributed by atoms with Gasteiger partial charge < -0.3 is 0 Å². The Morgan fingerprint density at radius 1 is 1.07 bits per heavy atom. The molecule has 2 aromatic heterocycles. The van der Waals surface area contributed by atoms with Crippen LogP contribution in [0.3, 0.4) is 0 Å². The number of hydrogen-bond acceptors (Lipinski definition) is 4. The van der Waals surface area contributed by atoms with Crippen molar-refractivity contribution in [2.24, 2.45) is 0 Å². The summed E-state index contributed by atoms with van der Waals surface area (Å²) in [6, 6.07) is 0. The van der Waals surface area contributed by atoms with E-state index < -0.39 is 18.4 Å². The Balaban J connectivity index is 2.38. The molecule has 0 aliphatic carbocycles. The average molecular weight is 512 g/mol. The number of Topliss-reactive ketones (excluding diaryl/α,β-unsaturated/α-hetero) is 1. The molecule has 0 atom stereocenters. The first-order valence-corrected chi connectivity index (χ1v) is 19.0. The Morgan fingerprint density at radius 3 is 2.14 bits per heavy atom. The van der Waals surface area contributed by atoms with Crippen LogP contribution < -0.4 is 8.21 Å². The molecule has 0 aromatic carbocycles. The number of carbonyl (C=O) groups is 2. The van der Waals surface area contributed by atoms with Gasteiger partial charge in [-0.05, 0) is 0 Å². The summed E-state index contributed by atoms with van der Waals surface area (Å²) < 4.78 is 7.89. The Bertz CT molecular complexity index is 762. The molecule has 7 heteroatoms. The summed E-state index contributed by atoms with van der Waals surface area (Å²) in [6.45, 7) is 8.32. The van der Waals surface area contributed by atoms with E-state index in [1.165, 1.54) is 58.8 Å². The summed E-state index contributed by atoms with van der Waals surface area (Å²) in [5.41, 5.74) is 0.506. The van der Waals surface area contributed by atoms with Crippen molar-refractivity contribution in [1.82, 2.24) is 14.7 Å². The monoisotopic (exact) mass is 513 g/mol. The van der Waals surface area contributed by atoms with Crippen LogP contribution in [0.1, 0.15) is 76.7 Å². The molecule has 1 N–H and O–H groups in total. The molecule has 2 aromatic rings. The number of nitrogens with zero attached hydrogens (tertiary/aromatic N) is 2. The van der Waals surface area contributed by atoms with Crippen molar-refractivity contribution in [1.29, 1.82) is 0 Å². The van der Waals surface area contributed by atoms with E-state index in [9.17, 15) is 9.59 Å². The van der Waals surface area contributed by atoms with Crippen LogP contribution in [-0.2, 0) is 4.79 Å². The second kappa shape index (κ2) is 11.3. The van der Waals surface area contributed by atoms with E-state index >= 15 is 0 Å². The van der Waals surface area contributed by atoms with E-state index in [1.807, 2.05) is 11.3 Å². The van der Waals surface area contributed by atoms with E-state index in [2.05, 4.69) is 41.7 Å². The summed E-state index contributed by atoms with van der Waals surface area (Å²) in [4.78, 5) is 29.0. The zero-order valence-electron chi connectivity index (χ0n) is 17.8. The molecular formula is C21H35N3O2SSn. The summed E-state index contributed by atoms with van der Waals surface area (Å²) in [5, 5.41) is 2.60. The SMILES string of the molecule is CCC[CH2][Sn]([CH2]CCC)([CH2]CCC)[c]1cn2cnc(C(=O)CNC(C)=O)c2s1. The van der Waals surface area contributed by atoms with Gasteiger partial charge in [0.15, 0.2) is 0 Å². The molecule has 0 unspecified atom stereocenters. The number of carbonyl (C=O) groups excluding carboxylic acids is 2. The van der Waals surface area contributed by atoms with Crippen LogP contribution in [-0.4, -0.2) is 46.0 Å². The van der Waals surface area contributed by atoms with Gasteiger partial charge in [-0.2, -0.15) is 0 Å². The predicted molar refractivity (Wildman–Crippen MR) is 121 cm³/mol. The number of ketones is 1. The Kier molecular flexibility index (Phi) is 9.47. The molecule has 0 bridgehead atoms. The van der Waals surface area contributed by atoms with Gasteiger partial charge in [0.05, 0.1) is 0 Å². The molecule has 2 heterocycles. The van der Waals surface area contributed by atoms with E-state index in [0.717, 1.165) is 4.83 Å². The zero-order valence-corrected chi connectivity index (χ0v) is 21.5. The second-order valence-electron chi connectivity index (χ2n) is 7.82. The van der Waals surface area contributed by atoms with Crippen molar-refractivity contribution in [2.45, 2.75) is 79.5 Å². The Labute approximate surface area is 177 Å². The van der Waals surface area contributed by atoms with Gasteiger partial charge in [-0.1, -0.05) is 0 Å². The fourth-order valence-corrected chi connectivity index (χ4v) is 23.9. The van der Waals surface area contributed by atoms with Crippen LogP contribution >= 0.6 is 11.3 Å². The number of unbranched alkanes of at least 4 members (excludes halogenated alkanes) is 3. The van der Waals surface area contributed by atoms with Gasteiger partial charge in [0.25, 0.3) is 0 Å². The van der Waals surface area contributed by atoms with Crippen molar-refractivity contribution in [2.75, 3.05) is 6.54 Å². The molecule has 0 aliphatic heterocycles. The van der Waals surface area contributed by atoms with E-state index in [-0.39, 0.29) is 18.2 Å². The topological polar surface area (TPSA) is 63.5 Å². The fourth-order valence-electron chi connectivity index (χ4n) is 3.81. The zero-order chi connectivity index (χ0) is 20.6. The standard InChI is InChI=1S/C9H8N3O2S.3C4H9.Sn/c1-6(13)10-4-7(14)8-9-12(5-11-8)2-3-15-9;3*1-3-4-2;/h2,5H,4H2,1H3,(H,10,13);3*1,3-4H2,2H3;. The Hall–Kier alpha value is -0.891. The third-order valence-electron chi connectivity index (χ3n) is 5.52. The third-order valence-corrected chi connectivity index (χ3v) is 24.8. The molecule has 0 spiro atoms. The summed E-state index contributed by atoms with van der Waals surface area (Å²) in [7, 11) is 0. The number of rotatable bonds is 13. The molecule has 156 valence electrons. The fraction of sp³-hybridized carbons (Fsp3) is 0.667. The number of nitrogens with one attached hydrogen (secondary N) is 1. The molecule has 0 fully saturated rings. The number of imidazole rings is 1. The average Bonchev–Trinajstić information content (AvgIpc) is 3.27. The van der Waals surface area contributed by atoms with E-state index in [4.69, 9.17) is 0 Å². The first-order chi connectivity index (χ1) is 13.5. The first-order valence-electron chi connectivity index (χ1n) is 10.7. The minimum absolute atomic E-state index is 0.0190. The quantitative estimate of drug-likeness (QED) is 0.311. The van der Waals surface area contributed by atoms with Gasteiger partial charge in [-0.25, -0.2) is 0 Å². The normalized spacial score (nSPS) is 11.9. The van der Waals surface area contributed by atoms with Crippen LogP contribution in [0.4, 0.5) is 0 Å². The number of fused-ring (bicyclic) bond motifs is 1. The van der Waals surface area contributed by atoms with Crippen LogP contribution in [0.25, 0.3) is 4.83 Å². The van der Waals surface area contributed by atoms with Gasteiger partial charge >= 0.3 is 178 Å². The molecular weight excluding hydrogens is 477 g/mol. The van der Waals surface area contributed by atoms with Crippen molar-refractivity contribution in [3.63, 3.8) is 0 Å². The molecule has 28 heavy (non-hydrogen) atoms. The van der Waals surface area contributed by atoms with Crippen molar-refractivity contribution >= 4 is 49.1 Å². The van der Waals surface area contributed by atoms with Crippen molar-refractivity contribution in [3.8, 4) is 0 Å². The molecule has 5 nitrogen and oxygen atoms in total. The van der Waals surface area contributed by atoms with E-state index in [1.54, 1.807) is 9.22 Å². The molecule has 1 amide bonds. The maximum absolute atomic E-state index is 12.5. The predicted octanol–water partition coefficient (Wildman–Crippen LogP) is 4.77. The van der Waals surface area contributed by atoms with Gasteiger partial charge in [-0.15, -0.1) is 0 Å². The molecule has 2 rings (SSSR count). The molecule has 0 saturated heterocycles. The maximum atomic E-state index is 12.5. The Morgan fingerprint density at radius 2 is 1.64 bits per heavy atom. The van der Waals surface area contributed by atoms with Gasteiger partial charge in [-0.3, -0.25) is 0 Å². The summed E-state index contributed by atoms with van der Waals surface area (Å²) >= 11 is -0.689. The molecule has 0 aliphatic rings. The third kappa shape index (κ3) is 5.81. The summed E-state index contributed by atoms with van der Waals surface area (Å²) in [5.74, 6) is -0.299. The second-order valence-corrected chi connectivity index (χ2v) is 23.0. The number of aromatic nitrogens is 2. The van der Waals surface area contributed by atoms with Crippen LogP contribution in [0.5, 0.6) is 0 Å². The van der Waals surface area contributed by atoms with Crippen molar-refractivity contribution < 1.29 is 9.59 Å². The number of amides is 1. The number of hydrogen-bond donors (Lipinski definition) is 1. The van der Waals surface area contributed by atoms with Crippen LogP contribution in [0.2, 0.25) is 13.3 Å². The van der Waals surface area contributed by atoms with Gasteiger partial charge in [0.1, 0.15) is 0 Å². The molecule has 0 saturated carbocycles. The van der Waals surface area contributed by atoms with Crippen LogP contribution in [0, 0.1) is 0 Å². The van der Waals surface area contributed by atoms with Gasteiger partial charge in [0, 0.05) is 0 Å². The first kappa shape index (κ1) is 23.4. The van der Waals surface area contributed by atoms with Crippen LogP contribution in [0.15, 0.2) is 12.5 Å². The van der Waals surface area contributed by atoms with Gasteiger partial charge in [0.2, 0.25) is 0 Å². The van der Waals surface area contributed by atoms with E-state index in [0.29, 0.717) is 5.69 Å². The number of thiazole rings is 1. The molecule has 0 radical (unpaired) electrons.